The minimum absolute atomic E-state index is 0.790. The summed E-state index contributed by atoms with van der Waals surface area (Å²) in [4.78, 5) is 2.97. The Morgan fingerprint density at radius 1 is 1.43 bits per heavy atom. The summed E-state index contributed by atoms with van der Waals surface area (Å²) in [6.45, 7) is 4.82. The van der Waals surface area contributed by atoms with Crippen LogP contribution in [0.1, 0.15) is 26.2 Å². The molecule has 14 heavy (non-hydrogen) atoms. The number of rotatable bonds is 7. The third-order valence-corrected chi connectivity index (χ3v) is 2.40. The van der Waals surface area contributed by atoms with E-state index in [0.29, 0.717) is 0 Å². The van der Waals surface area contributed by atoms with Gasteiger partial charge in [0.1, 0.15) is 0 Å². The van der Waals surface area contributed by atoms with Gasteiger partial charge in [0.15, 0.2) is 4.77 Å². The van der Waals surface area contributed by atoms with Crippen LogP contribution in [0.25, 0.3) is 0 Å². The quantitative estimate of drug-likeness (QED) is 0.558. The van der Waals surface area contributed by atoms with Crippen LogP contribution in [0.4, 0.5) is 0 Å². The van der Waals surface area contributed by atoms with E-state index in [0.717, 1.165) is 37.4 Å². The van der Waals surface area contributed by atoms with Crippen LogP contribution in [0, 0.1) is 4.77 Å². The van der Waals surface area contributed by atoms with Crippen LogP contribution in [0.2, 0.25) is 0 Å². The molecule has 80 valence electrons. The Bertz CT molecular complexity index is 292. The fourth-order valence-electron chi connectivity index (χ4n) is 1.21. The number of aryl methyl sites for hydroxylation is 1. The van der Waals surface area contributed by atoms with Gasteiger partial charge in [-0.25, -0.2) is 0 Å². The van der Waals surface area contributed by atoms with Crippen molar-refractivity contribution in [3.63, 3.8) is 0 Å². The predicted molar refractivity (Wildman–Crippen MR) is 60.0 cm³/mol. The monoisotopic (exact) mass is 214 g/mol. The minimum atomic E-state index is 0.790. The van der Waals surface area contributed by atoms with Crippen molar-refractivity contribution in [1.29, 1.82) is 0 Å². The second-order valence-electron chi connectivity index (χ2n) is 3.28. The van der Waals surface area contributed by atoms with E-state index in [2.05, 4.69) is 11.9 Å². The molecule has 0 fully saturated rings. The zero-order chi connectivity index (χ0) is 10.2. The topological polar surface area (TPSA) is 29.9 Å². The summed E-state index contributed by atoms with van der Waals surface area (Å²) >= 11 is 5.07. The summed E-state index contributed by atoms with van der Waals surface area (Å²) in [6, 6.07) is 0. The number of H-pyrrole nitrogens is 1. The zero-order valence-corrected chi connectivity index (χ0v) is 9.48. The summed E-state index contributed by atoms with van der Waals surface area (Å²) in [5.41, 5.74) is 0. The van der Waals surface area contributed by atoms with Crippen molar-refractivity contribution in [3.8, 4) is 0 Å². The Hall–Kier alpha value is -0.610. The van der Waals surface area contributed by atoms with Crippen LogP contribution in [-0.4, -0.2) is 22.8 Å². The van der Waals surface area contributed by atoms with Crippen molar-refractivity contribution in [3.05, 3.63) is 17.2 Å². The lowest BCUT2D eigenvalue weighted by atomic mass is 10.4. The van der Waals surface area contributed by atoms with Crippen molar-refractivity contribution in [1.82, 2.24) is 9.55 Å². The van der Waals surface area contributed by atoms with Gasteiger partial charge in [0, 0.05) is 32.2 Å². The molecule has 1 heterocycles. The third-order valence-electron chi connectivity index (χ3n) is 2.05. The fourth-order valence-corrected chi connectivity index (χ4v) is 1.43. The number of ether oxygens (including phenoxy) is 1. The molecule has 0 aromatic carbocycles. The Morgan fingerprint density at radius 2 is 2.21 bits per heavy atom. The predicted octanol–water partition coefficient (Wildman–Crippen LogP) is 2.75. The lowest BCUT2D eigenvalue weighted by Crippen LogP contribution is -2.02. The van der Waals surface area contributed by atoms with Crippen molar-refractivity contribution >= 4 is 12.2 Å². The molecule has 1 N–H and O–H groups in total. The van der Waals surface area contributed by atoms with Gasteiger partial charge in [-0.2, -0.15) is 0 Å². The number of aromatic amines is 1. The van der Waals surface area contributed by atoms with E-state index in [1.165, 1.54) is 6.42 Å². The van der Waals surface area contributed by atoms with E-state index < -0.39 is 0 Å². The van der Waals surface area contributed by atoms with Crippen LogP contribution in [0.15, 0.2) is 12.4 Å². The molecule has 1 rings (SSSR count). The van der Waals surface area contributed by atoms with Crippen LogP contribution >= 0.6 is 12.2 Å². The third kappa shape index (κ3) is 4.07. The van der Waals surface area contributed by atoms with Gasteiger partial charge in [-0.05, 0) is 25.1 Å². The first-order chi connectivity index (χ1) is 6.84. The number of aromatic nitrogens is 2. The molecular formula is C10H18N2OS. The molecule has 0 spiro atoms. The molecule has 0 saturated heterocycles. The van der Waals surface area contributed by atoms with E-state index in [9.17, 15) is 0 Å². The van der Waals surface area contributed by atoms with Crippen LogP contribution in [0.5, 0.6) is 0 Å². The van der Waals surface area contributed by atoms with Crippen molar-refractivity contribution in [2.24, 2.45) is 0 Å². The summed E-state index contributed by atoms with van der Waals surface area (Å²) < 4.78 is 8.27. The van der Waals surface area contributed by atoms with Crippen LogP contribution in [0.3, 0.4) is 0 Å². The molecule has 0 aliphatic rings. The SMILES string of the molecule is CCCCOCCCn1cc[nH]c1=S. The summed E-state index contributed by atoms with van der Waals surface area (Å²) in [7, 11) is 0. The van der Waals surface area contributed by atoms with E-state index in [-0.39, 0.29) is 0 Å². The Morgan fingerprint density at radius 3 is 2.86 bits per heavy atom. The number of nitrogens with zero attached hydrogens (tertiary/aromatic N) is 1. The minimum Gasteiger partial charge on any atom is -0.381 e. The molecule has 1 aromatic heterocycles. The largest absolute Gasteiger partial charge is 0.381 e. The molecular weight excluding hydrogens is 196 g/mol. The molecule has 0 aliphatic carbocycles. The van der Waals surface area contributed by atoms with Gasteiger partial charge in [-0.3, -0.25) is 0 Å². The molecule has 0 saturated carbocycles. The maximum Gasteiger partial charge on any atom is 0.177 e. The van der Waals surface area contributed by atoms with E-state index >= 15 is 0 Å². The van der Waals surface area contributed by atoms with Crippen LogP contribution < -0.4 is 0 Å². The highest BCUT2D eigenvalue weighted by molar-refractivity contribution is 7.71. The Labute approximate surface area is 90.1 Å². The van der Waals surface area contributed by atoms with Gasteiger partial charge in [0.05, 0.1) is 0 Å². The van der Waals surface area contributed by atoms with Gasteiger partial charge in [0.25, 0.3) is 0 Å². The maximum atomic E-state index is 5.45. The highest BCUT2D eigenvalue weighted by Crippen LogP contribution is 1.95. The van der Waals surface area contributed by atoms with Gasteiger partial charge in [-0.1, -0.05) is 13.3 Å². The first kappa shape index (κ1) is 11.5. The fraction of sp³-hybridized carbons (Fsp3) is 0.700. The molecule has 0 amide bonds. The molecule has 1 aromatic rings. The van der Waals surface area contributed by atoms with Gasteiger partial charge in [-0.15, -0.1) is 0 Å². The first-order valence-electron chi connectivity index (χ1n) is 5.16. The lowest BCUT2D eigenvalue weighted by molar-refractivity contribution is 0.126. The van der Waals surface area contributed by atoms with Crippen LogP contribution in [-0.2, 0) is 11.3 Å². The second kappa shape index (κ2) is 6.79. The molecule has 0 atom stereocenters. The molecule has 0 bridgehead atoms. The average Bonchev–Trinajstić information content (AvgIpc) is 2.58. The number of imidazole rings is 1. The highest BCUT2D eigenvalue weighted by Gasteiger charge is 1.93. The second-order valence-corrected chi connectivity index (χ2v) is 3.66. The van der Waals surface area contributed by atoms with Gasteiger partial charge < -0.3 is 14.3 Å². The molecule has 0 unspecified atom stereocenters. The van der Waals surface area contributed by atoms with E-state index in [1.54, 1.807) is 0 Å². The van der Waals surface area contributed by atoms with Gasteiger partial charge >= 0.3 is 0 Å². The zero-order valence-electron chi connectivity index (χ0n) is 8.66. The summed E-state index contributed by atoms with van der Waals surface area (Å²) in [5, 5.41) is 0. The number of hydrogen-bond acceptors (Lipinski definition) is 2. The van der Waals surface area contributed by atoms with E-state index in [1.807, 2.05) is 17.0 Å². The Kier molecular flexibility index (Phi) is 5.56. The molecule has 4 heteroatoms. The lowest BCUT2D eigenvalue weighted by Gasteiger charge is -2.03. The standard InChI is InChI=1S/C10H18N2OS/c1-2-3-8-13-9-4-6-12-7-5-11-10(12)14/h5,7H,2-4,6,8-9H2,1H3,(H,11,14). The maximum absolute atomic E-state index is 5.45. The number of unbranched alkanes of at least 4 members (excludes halogenated alkanes) is 1. The molecule has 0 aliphatic heterocycles. The first-order valence-corrected chi connectivity index (χ1v) is 5.57. The smallest absolute Gasteiger partial charge is 0.177 e. The molecule has 3 nitrogen and oxygen atoms in total. The van der Waals surface area contributed by atoms with E-state index in [4.69, 9.17) is 17.0 Å². The van der Waals surface area contributed by atoms with Crippen molar-refractivity contribution in [2.75, 3.05) is 13.2 Å². The van der Waals surface area contributed by atoms with Gasteiger partial charge in [0.2, 0.25) is 0 Å². The van der Waals surface area contributed by atoms with Crippen molar-refractivity contribution in [2.45, 2.75) is 32.7 Å². The highest BCUT2D eigenvalue weighted by atomic mass is 32.1. The molecule has 0 radical (unpaired) electrons. The number of hydrogen-bond donors (Lipinski definition) is 1. The summed E-state index contributed by atoms with van der Waals surface area (Å²) in [5.74, 6) is 0. The van der Waals surface area contributed by atoms with Crippen molar-refractivity contribution < 1.29 is 4.74 Å². The Balaban J connectivity index is 2.05. The number of nitrogens with one attached hydrogen (secondary N) is 1. The summed E-state index contributed by atoms with van der Waals surface area (Å²) in [6.07, 6.45) is 7.21. The average molecular weight is 214 g/mol. The normalized spacial score (nSPS) is 10.6.